The number of allylic oxidation sites excluding steroid dienone is 4. The van der Waals surface area contributed by atoms with Gasteiger partial charge in [0.25, 0.3) is 0 Å². The predicted octanol–water partition coefficient (Wildman–Crippen LogP) is 11.4. The summed E-state index contributed by atoms with van der Waals surface area (Å²) in [5, 5.41) is 0. The fourth-order valence-electron chi connectivity index (χ4n) is 8.00. The first-order chi connectivity index (χ1) is 17.9. The van der Waals surface area contributed by atoms with E-state index in [9.17, 15) is 0 Å². The molecule has 0 amide bonds. The molecule has 0 aliphatic heterocycles. The van der Waals surface area contributed by atoms with E-state index in [0.717, 1.165) is 0 Å². The molecule has 0 N–H and O–H groups in total. The monoisotopic (exact) mass is 522 g/mol. The maximum atomic E-state index is 2.69. The fourth-order valence-corrected chi connectivity index (χ4v) is 8.00. The minimum atomic E-state index is 0.101. The molecule has 210 valence electrons. The van der Waals surface area contributed by atoms with Gasteiger partial charge in [-0.1, -0.05) is 144 Å². The highest BCUT2D eigenvalue weighted by molar-refractivity contribution is 5.81. The van der Waals surface area contributed by atoms with Crippen LogP contribution < -0.4 is 0 Å². The topological polar surface area (TPSA) is 0 Å². The molecule has 0 heterocycles. The largest absolute Gasteiger partial charge is 0.0622 e. The standard InChI is InChI=1S/C39H54/c1-23(2)33-22-39(24(3)4,34-21-27(20-30(33)34)38(11,12)13)35-31-18-25(36(5,6)7)14-16-28(31)29-17-15-26(19-32(29)35)37(8,9)10/h14-19,21,23-24,33,35H,20,22H2,1-13H3. The molecule has 39 heavy (non-hydrogen) atoms. The molecule has 5 rings (SSSR count). The van der Waals surface area contributed by atoms with Gasteiger partial charge in [-0.3, -0.25) is 0 Å². The molecule has 3 aliphatic rings. The lowest BCUT2D eigenvalue weighted by molar-refractivity contribution is 0.183. The summed E-state index contributed by atoms with van der Waals surface area (Å²) < 4.78 is 0. The van der Waals surface area contributed by atoms with E-state index in [1.54, 1.807) is 27.8 Å². The zero-order valence-electron chi connectivity index (χ0n) is 27.3. The SMILES string of the molecule is CC(C)C1CC(C(C)C)(C2c3cc(C(C)(C)C)ccc3-c3ccc(C(C)(C)C)cc32)C2=C1CC(C(C)(C)C)=C2. The average molecular weight is 523 g/mol. The summed E-state index contributed by atoms with van der Waals surface area (Å²) in [4.78, 5) is 0. The van der Waals surface area contributed by atoms with Crippen molar-refractivity contribution < 1.29 is 0 Å². The summed E-state index contributed by atoms with van der Waals surface area (Å²) in [5.41, 5.74) is 14.7. The van der Waals surface area contributed by atoms with Crippen molar-refractivity contribution in [2.75, 3.05) is 0 Å². The third-order valence-electron chi connectivity index (χ3n) is 10.6. The molecule has 2 unspecified atom stereocenters. The third-order valence-corrected chi connectivity index (χ3v) is 10.6. The van der Waals surface area contributed by atoms with Gasteiger partial charge in [-0.05, 0) is 85.8 Å². The van der Waals surface area contributed by atoms with Crippen molar-refractivity contribution >= 4 is 0 Å². The highest BCUT2D eigenvalue weighted by Crippen LogP contribution is 2.68. The molecule has 3 aliphatic carbocycles. The zero-order chi connectivity index (χ0) is 28.9. The Morgan fingerprint density at radius 1 is 0.692 bits per heavy atom. The molecule has 0 bridgehead atoms. The summed E-state index contributed by atoms with van der Waals surface area (Å²) >= 11 is 0. The second kappa shape index (κ2) is 8.96. The molecule has 0 radical (unpaired) electrons. The summed E-state index contributed by atoms with van der Waals surface area (Å²) in [5.74, 6) is 2.24. The highest BCUT2D eigenvalue weighted by Gasteiger charge is 2.56. The van der Waals surface area contributed by atoms with Crippen molar-refractivity contribution in [1.82, 2.24) is 0 Å². The van der Waals surface area contributed by atoms with E-state index in [0.29, 0.717) is 23.7 Å². The van der Waals surface area contributed by atoms with Gasteiger partial charge in [0.05, 0.1) is 0 Å². The van der Waals surface area contributed by atoms with Crippen molar-refractivity contribution in [1.29, 1.82) is 0 Å². The molecule has 0 saturated carbocycles. The minimum absolute atomic E-state index is 0.101. The average Bonchev–Trinajstić information content (AvgIpc) is 3.46. The van der Waals surface area contributed by atoms with Crippen LogP contribution in [-0.4, -0.2) is 0 Å². The first kappa shape index (κ1) is 28.4. The van der Waals surface area contributed by atoms with Gasteiger partial charge in [-0.15, -0.1) is 0 Å². The summed E-state index contributed by atoms with van der Waals surface area (Å²) in [6.45, 7) is 31.4. The Kier molecular flexibility index (Phi) is 6.54. The molecule has 2 aromatic rings. The molecule has 0 heteroatoms. The Labute approximate surface area is 240 Å². The zero-order valence-corrected chi connectivity index (χ0v) is 27.3. The Morgan fingerprint density at radius 2 is 1.18 bits per heavy atom. The number of benzene rings is 2. The maximum absolute atomic E-state index is 2.69. The molecule has 0 spiro atoms. The molecule has 0 fully saturated rings. The Morgan fingerprint density at radius 3 is 1.56 bits per heavy atom. The predicted molar refractivity (Wildman–Crippen MR) is 171 cm³/mol. The lowest BCUT2D eigenvalue weighted by atomic mass is 9.59. The van der Waals surface area contributed by atoms with Crippen molar-refractivity contribution in [3.8, 4) is 11.1 Å². The number of fused-ring (bicyclic) bond motifs is 3. The van der Waals surface area contributed by atoms with Crippen molar-refractivity contribution in [2.45, 2.75) is 120 Å². The van der Waals surface area contributed by atoms with Gasteiger partial charge in [0, 0.05) is 11.3 Å². The van der Waals surface area contributed by atoms with E-state index in [1.807, 2.05) is 0 Å². The number of rotatable bonds is 3. The van der Waals surface area contributed by atoms with Crippen molar-refractivity contribution in [3.05, 3.63) is 81.4 Å². The van der Waals surface area contributed by atoms with Gasteiger partial charge < -0.3 is 0 Å². The molecular weight excluding hydrogens is 468 g/mol. The van der Waals surface area contributed by atoms with Crippen molar-refractivity contribution in [2.24, 2.45) is 28.6 Å². The highest BCUT2D eigenvalue weighted by atomic mass is 14.6. The van der Waals surface area contributed by atoms with E-state index < -0.39 is 0 Å². The van der Waals surface area contributed by atoms with Crippen LogP contribution in [0.15, 0.2) is 59.2 Å². The number of hydrogen-bond acceptors (Lipinski definition) is 0. The van der Waals surface area contributed by atoms with Crippen LogP contribution in [0.25, 0.3) is 11.1 Å². The van der Waals surface area contributed by atoms with E-state index >= 15 is 0 Å². The molecule has 0 saturated heterocycles. The van der Waals surface area contributed by atoms with Crippen LogP contribution in [0.3, 0.4) is 0 Å². The first-order valence-corrected chi connectivity index (χ1v) is 15.6. The normalized spacial score (nSPS) is 23.6. The maximum Gasteiger partial charge on any atom is 0.0201 e. The molecule has 2 aromatic carbocycles. The van der Waals surface area contributed by atoms with Crippen LogP contribution in [0.5, 0.6) is 0 Å². The van der Waals surface area contributed by atoms with Gasteiger partial charge in [0.15, 0.2) is 0 Å². The Bertz CT molecular complexity index is 1290. The molecular formula is C39H54. The van der Waals surface area contributed by atoms with Gasteiger partial charge in [-0.25, -0.2) is 0 Å². The van der Waals surface area contributed by atoms with Crippen LogP contribution in [0, 0.1) is 28.6 Å². The van der Waals surface area contributed by atoms with Gasteiger partial charge >= 0.3 is 0 Å². The lowest BCUT2D eigenvalue weighted by Gasteiger charge is -2.44. The van der Waals surface area contributed by atoms with Gasteiger partial charge in [-0.2, -0.15) is 0 Å². The second-order valence-corrected chi connectivity index (χ2v) is 16.8. The smallest absolute Gasteiger partial charge is 0.0201 e. The molecule has 0 nitrogen and oxygen atoms in total. The Balaban J connectivity index is 1.83. The first-order valence-electron chi connectivity index (χ1n) is 15.6. The van der Waals surface area contributed by atoms with Crippen LogP contribution in [0.4, 0.5) is 0 Å². The minimum Gasteiger partial charge on any atom is -0.0622 e. The Hall–Kier alpha value is -2.08. The summed E-state index contributed by atoms with van der Waals surface area (Å²) in [6.07, 6.45) is 5.13. The molecule has 2 atom stereocenters. The van der Waals surface area contributed by atoms with E-state index in [-0.39, 0.29) is 21.7 Å². The third kappa shape index (κ3) is 4.40. The van der Waals surface area contributed by atoms with Crippen LogP contribution >= 0.6 is 0 Å². The summed E-state index contributed by atoms with van der Waals surface area (Å²) in [7, 11) is 0. The van der Waals surface area contributed by atoms with Crippen LogP contribution in [0.2, 0.25) is 0 Å². The van der Waals surface area contributed by atoms with Gasteiger partial charge in [0.2, 0.25) is 0 Å². The fraction of sp³-hybridized carbons (Fsp3) is 0.590. The summed E-state index contributed by atoms with van der Waals surface area (Å²) in [6, 6.07) is 14.9. The molecule has 0 aromatic heterocycles. The quantitative estimate of drug-likeness (QED) is 0.376. The van der Waals surface area contributed by atoms with Crippen LogP contribution in [-0.2, 0) is 10.8 Å². The van der Waals surface area contributed by atoms with Gasteiger partial charge in [0.1, 0.15) is 0 Å². The van der Waals surface area contributed by atoms with Crippen LogP contribution in [0.1, 0.15) is 131 Å². The lowest BCUT2D eigenvalue weighted by Crippen LogP contribution is -2.35. The van der Waals surface area contributed by atoms with E-state index in [4.69, 9.17) is 0 Å². The van der Waals surface area contributed by atoms with E-state index in [2.05, 4.69) is 132 Å². The van der Waals surface area contributed by atoms with Crippen molar-refractivity contribution in [3.63, 3.8) is 0 Å². The number of hydrogen-bond donors (Lipinski definition) is 0. The van der Waals surface area contributed by atoms with E-state index in [1.165, 1.54) is 35.1 Å². The second-order valence-electron chi connectivity index (χ2n) is 16.8.